The summed E-state index contributed by atoms with van der Waals surface area (Å²) in [6, 6.07) is 0. The minimum absolute atomic E-state index is 0.333. The van der Waals surface area contributed by atoms with Gasteiger partial charge in [-0.1, -0.05) is 12.1 Å². The summed E-state index contributed by atoms with van der Waals surface area (Å²) in [5.74, 6) is 1.38. The van der Waals surface area contributed by atoms with Crippen LogP contribution in [0.25, 0.3) is 0 Å². The largest absolute Gasteiger partial charge is 0.367 e. The minimum atomic E-state index is -0.333. The first kappa shape index (κ1) is 11.5. The molecule has 90 valence electrons. The van der Waals surface area contributed by atoms with Crippen LogP contribution in [0.1, 0.15) is 38.4 Å². The van der Waals surface area contributed by atoms with Crippen molar-refractivity contribution in [3.05, 3.63) is 11.7 Å². The molecule has 0 bridgehead atoms. The van der Waals surface area contributed by atoms with Crippen LogP contribution in [0, 0.1) is 0 Å². The first-order chi connectivity index (χ1) is 7.74. The Labute approximate surface area is 95.6 Å². The second-order valence-electron chi connectivity index (χ2n) is 4.30. The maximum absolute atomic E-state index is 5.66. The molecule has 0 radical (unpaired) electrons. The molecule has 5 nitrogen and oxygen atoms in total. The Kier molecular flexibility index (Phi) is 3.56. The standard InChI is InChI=1S/C11H19N3O2/c1-3-12-7-5-9-13-10(14-16-9)11(2)6-4-8-15-11/h12H,3-8H2,1-2H3. The zero-order valence-electron chi connectivity index (χ0n) is 9.95. The maximum Gasteiger partial charge on any atom is 0.228 e. The zero-order chi connectivity index (χ0) is 11.4. The Morgan fingerprint density at radius 3 is 3.06 bits per heavy atom. The highest BCUT2D eigenvalue weighted by Gasteiger charge is 2.36. The molecule has 1 aromatic heterocycles. The molecule has 0 amide bonds. The van der Waals surface area contributed by atoms with E-state index in [4.69, 9.17) is 9.26 Å². The predicted octanol–water partition coefficient (Wildman–Crippen LogP) is 1.25. The van der Waals surface area contributed by atoms with Crippen molar-refractivity contribution in [2.24, 2.45) is 0 Å². The van der Waals surface area contributed by atoms with Crippen molar-refractivity contribution in [1.82, 2.24) is 15.5 Å². The number of rotatable bonds is 5. The molecule has 16 heavy (non-hydrogen) atoms. The van der Waals surface area contributed by atoms with Crippen LogP contribution in [-0.4, -0.2) is 29.8 Å². The van der Waals surface area contributed by atoms with E-state index < -0.39 is 0 Å². The first-order valence-electron chi connectivity index (χ1n) is 5.92. The highest BCUT2D eigenvalue weighted by molar-refractivity contribution is 5.01. The number of nitrogens with one attached hydrogen (secondary N) is 1. The molecule has 0 aliphatic carbocycles. The SMILES string of the molecule is CCNCCc1nc(C2(C)CCCO2)no1. The normalized spacial score (nSPS) is 25.1. The lowest BCUT2D eigenvalue weighted by Gasteiger charge is -2.17. The van der Waals surface area contributed by atoms with Gasteiger partial charge in [0.15, 0.2) is 0 Å². The number of hydrogen-bond acceptors (Lipinski definition) is 5. The fraction of sp³-hybridized carbons (Fsp3) is 0.818. The monoisotopic (exact) mass is 225 g/mol. The molecule has 1 atom stereocenters. The van der Waals surface area contributed by atoms with Gasteiger partial charge in [-0.25, -0.2) is 0 Å². The lowest BCUT2D eigenvalue weighted by atomic mass is 10.0. The summed E-state index contributed by atoms with van der Waals surface area (Å²) in [4.78, 5) is 4.39. The Hall–Kier alpha value is -0.940. The second kappa shape index (κ2) is 4.93. The van der Waals surface area contributed by atoms with Gasteiger partial charge in [0.05, 0.1) is 0 Å². The summed E-state index contributed by atoms with van der Waals surface area (Å²) in [6.07, 6.45) is 2.81. The molecule has 0 saturated carbocycles. The van der Waals surface area contributed by atoms with Gasteiger partial charge in [0.1, 0.15) is 5.60 Å². The summed E-state index contributed by atoms with van der Waals surface area (Å²) in [5, 5.41) is 7.24. The minimum Gasteiger partial charge on any atom is -0.367 e. The van der Waals surface area contributed by atoms with Crippen molar-refractivity contribution in [2.75, 3.05) is 19.7 Å². The van der Waals surface area contributed by atoms with Crippen LogP contribution >= 0.6 is 0 Å². The van der Waals surface area contributed by atoms with Gasteiger partial charge < -0.3 is 14.6 Å². The second-order valence-corrected chi connectivity index (χ2v) is 4.30. The van der Waals surface area contributed by atoms with Gasteiger partial charge in [-0.3, -0.25) is 0 Å². The molecule has 1 aliphatic heterocycles. The van der Waals surface area contributed by atoms with E-state index in [0.717, 1.165) is 39.0 Å². The van der Waals surface area contributed by atoms with Crippen LogP contribution in [0.5, 0.6) is 0 Å². The third-order valence-electron chi connectivity index (χ3n) is 2.93. The van der Waals surface area contributed by atoms with Gasteiger partial charge in [-0.2, -0.15) is 4.98 Å². The van der Waals surface area contributed by atoms with Crippen molar-refractivity contribution in [3.63, 3.8) is 0 Å². The smallest absolute Gasteiger partial charge is 0.228 e. The molecule has 2 heterocycles. The van der Waals surface area contributed by atoms with Crippen LogP contribution in [0.4, 0.5) is 0 Å². The van der Waals surface area contributed by atoms with E-state index in [2.05, 4.69) is 22.4 Å². The van der Waals surface area contributed by atoms with E-state index in [1.807, 2.05) is 6.92 Å². The molecular formula is C11H19N3O2. The predicted molar refractivity (Wildman–Crippen MR) is 59.1 cm³/mol. The van der Waals surface area contributed by atoms with Gasteiger partial charge in [-0.05, 0) is 26.3 Å². The molecule has 5 heteroatoms. The summed E-state index contributed by atoms with van der Waals surface area (Å²) in [7, 11) is 0. The number of nitrogens with zero attached hydrogens (tertiary/aromatic N) is 2. The summed E-state index contributed by atoms with van der Waals surface area (Å²) in [6.45, 7) is 6.72. The van der Waals surface area contributed by atoms with Gasteiger partial charge in [0, 0.05) is 19.6 Å². The van der Waals surface area contributed by atoms with E-state index in [-0.39, 0.29) is 5.60 Å². The summed E-state index contributed by atoms with van der Waals surface area (Å²) in [5.41, 5.74) is -0.333. The Balaban J connectivity index is 1.96. The highest BCUT2D eigenvalue weighted by atomic mass is 16.5. The summed E-state index contributed by atoms with van der Waals surface area (Å²) < 4.78 is 10.9. The average Bonchev–Trinajstić information content (AvgIpc) is 2.88. The van der Waals surface area contributed by atoms with Gasteiger partial charge in [0.2, 0.25) is 11.7 Å². The van der Waals surface area contributed by atoms with Crippen LogP contribution < -0.4 is 5.32 Å². The van der Waals surface area contributed by atoms with Gasteiger partial charge in [0.25, 0.3) is 0 Å². The molecule has 1 fully saturated rings. The molecule has 1 aliphatic rings. The Morgan fingerprint density at radius 2 is 2.38 bits per heavy atom. The summed E-state index contributed by atoms with van der Waals surface area (Å²) >= 11 is 0. The van der Waals surface area contributed by atoms with E-state index in [0.29, 0.717) is 11.7 Å². The topological polar surface area (TPSA) is 60.2 Å². The third-order valence-corrected chi connectivity index (χ3v) is 2.93. The highest BCUT2D eigenvalue weighted by Crippen LogP contribution is 2.33. The van der Waals surface area contributed by atoms with Crippen LogP contribution in [0.15, 0.2) is 4.52 Å². The van der Waals surface area contributed by atoms with Crippen molar-refractivity contribution >= 4 is 0 Å². The maximum atomic E-state index is 5.66. The molecule has 1 N–H and O–H groups in total. The van der Waals surface area contributed by atoms with Gasteiger partial charge >= 0.3 is 0 Å². The fourth-order valence-electron chi connectivity index (χ4n) is 1.90. The van der Waals surface area contributed by atoms with Crippen LogP contribution in [-0.2, 0) is 16.8 Å². The van der Waals surface area contributed by atoms with Crippen molar-refractivity contribution in [3.8, 4) is 0 Å². The van der Waals surface area contributed by atoms with E-state index >= 15 is 0 Å². The molecule has 0 aromatic carbocycles. The lowest BCUT2D eigenvalue weighted by molar-refractivity contribution is 0.00768. The first-order valence-corrected chi connectivity index (χ1v) is 5.92. The number of ether oxygens (including phenoxy) is 1. The number of hydrogen-bond donors (Lipinski definition) is 1. The van der Waals surface area contributed by atoms with Crippen LogP contribution in [0.2, 0.25) is 0 Å². The molecule has 0 spiro atoms. The van der Waals surface area contributed by atoms with Crippen molar-refractivity contribution in [1.29, 1.82) is 0 Å². The van der Waals surface area contributed by atoms with Crippen molar-refractivity contribution < 1.29 is 9.26 Å². The van der Waals surface area contributed by atoms with E-state index in [9.17, 15) is 0 Å². The third kappa shape index (κ3) is 2.41. The van der Waals surface area contributed by atoms with Gasteiger partial charge in [-0.15, -0.1) is 0 Å². The Morgan fingerprint density at radius 1 is 1.50 bits per heavy atom. The van der Waals surface area contributed by atoms with E-state index in [1.54, 1.807) is 0 Å². The lowest BCUT2D eigenvalue weighted by Crippen LogP contribution is -2.22. The Bertz CT molecular complexity index is 332. The molecular weight excluding hydrogens is 206 g/mol. The quantitative estimate of drug-likeness (QED) is 0.764. The number of aromatic nitrogens is 2. The molecule has 1 saturated heterocycles. The van der Waals surface area contributed by atoms with Crippen LogP contribution in [0.3, 0.4) is 0 Å². The zero-order valence-corrected chi connectivity index (χ0v) is 9.95. The molecule has 2 rings (SSSR count). The average molecular weight is 225 g/mol. The fourth-order valence-corrected chi connectivity index (χ4v) is 1.90. The molecule has 1 unspecified atom stereocenters. The van der Waals surface area contributed by atoms with Crippen molar-refractivity contribution in [2.45, 2.75) is 38.7 Å². The molecule has 1 aromatic rings. The number of likely N-dealkylation sites (N-methyl/N-ethyl adjacent to an activating group) is 1. The van der Waals surface area contributed by atoms with E-state index in [1.165, 1.54) is 0 Å².